The van der Waals surface area contributed by atoms with Crippen molar-refractivity contribution >= 4 is 55.8 Å². The Bertz CT molecular complexity index is 1480. The van der Waals surface area contributed by atoms with Crippen molar-refractivity contribution in [3.8, 4) is 0 Å². The number of carbonyl (C=O) groups excluding carboxylic acids is 2. The number of likely N-dealkylation sites (tertiary alicyclic amines) is 1. The molecule has 4 N–H and O–H groups in total. The van der Waals surface area contributed by atoms with Gasteiger partial charge in [-0.05, 0) is 49.3 Å². The molecule has 2 aliphatic rings. The molecule has 2 atom stereocenters. The van der Waals surface area contributed by atoms with E-state index >= 15 is 0 Å². The molecule has 3 aromatic heterocycles. The molecule has 4 aromatic rings. The molecular formula is C26H29N7O3S. The van der Waals surface area contributed by atoms with Crippen molar-refractivity contribution in [3.63, 3.8) is 0 Å². The summed E-state index contributed by atoms with van der Waals surface area (Å²) >= 11 is 1.74. The number of aromatic nitrogens is 4. The monoisotopic (exact) mass is 519 g/mol. The van der Waals surface area contributed by atoms with Gasteiger partial charge in [0.15, 0.2) is 0 Å². The molecule has 2 saturated heterocycles. The maximum Gasteiger partial charge on any atom is 0.314 e. The number of rotatable bonds is 3. The number of benzene rings is 1. The van der Waals surface area contributed by atoms with E-state index in [1.54, 1.807) is 22.4 Å². The van der Waals surface area contributed by atoms with E-state index in [1.165, 1.54) is 6.20 Å². The number of hydrogen-bond donors (Lipinski definition) is 3. The summed E-state index contributed by atoms with van der Waals surface area (Å²) in [6.45, 7) is 4.18. The quantitative estimate of drug-likeness (QED) is 0.348. The Morgan fingerprint density at radius 2 is 2.03 bits per heavy atom. The van der Waals surface area contributed by atoms with E-state index in [9.17, 15) is 9.59 Å². The van der Waals surface area contributed by atoms with Crippen molar-refractivity contribution in [2.24, 2.45) is 5.92 Å². The Morgan fingerprint density at radius 3 is 2.86 bits per heavy atom. The SMILES string of the molecule is C[C@H]1CC[C@H](c2ccc3sc(C4CCOCC4)nc3c2)N(C(=O)C(=O)Nc2cnc(N)c3cn[nH]c23)C1. The van der Waals surface area contributed by atoms with Crippen molar-refractivity contribution in [2.45, 2.75) is 44.6 Å². The zero-order valence-electron chi connectivity index (χ0n) is 20.6. The maximum atomic E-state index is 13.5. The number of pyridine rings is 1. The fourth-order valence-electron chi connectivity index (χ4n) is 5.37. The molecule has 5 heterocycles. The van der Waals surface area contributed by atoms with Gasteiger partial charge in [-0.3, -0.25) is 14.7 Å². The molecule has 10 nitrogen and oxygen atoms in total. The molecule has 0 spiro atoms. The van der Waals surface area contributed by atoms with Crippen LogP contribution in [0, 0.1) is 5.92 Å². The number of nitrogen functional groups attached to an aromatic ring is 1. The number of anilines is 2. The lowest BCUT2D eigenvalue weighted by atomic mass is 9.89. The highest BCUT2D eigenvalue weighted by Gasteiger charge is 2.35. The van der Waals surface area contributed by atoms with Crippen LogP contribution in [0.2, 0.25) is 0 Å². The van der Waals surface area contributed by atoms with Gasteiger partial charge < -0.3 is 20.7 Å². The minimum absolute atomic E-state index is 0.191. The Hall–Kier alpha value is -3.57. The van der Waals surface area contributed by atoms with Gasteiger partial charge in [-0.1, -0.05) is 13.0 Å². The number of thiazole rings is 1. The van der Waals surface area contributed by atoms with E-state index in [0.29, 0.717) is 40.8 Å². The zero-order chi connectivity index (χ0) is 25.5. The minimum Gasteiger partial charge on any atom is -0.383 e. The van der Waals surface area contributed by atoms with Gasteiger partial charge >= 0.3 is 11.8 Å². The second-order valence-electron chi connectivity index (χ2n) is 9.99. The van der Waals surface area contributed by atoms with Crippen LogP contribution in [-0.4, -0.2) is 56.6 Å². The zero-order valence-corrected chi connectivity index (χ0v) is 21.4. The number of H-pyrrole nitrogens is 1. The number of amides is 2. The molecule has 0 aliphatic carbocycles. The summed E-state index contributed by atoms with van der Waals surface area (Å²) in [4.78, 5) is 37.3. The van der Waals surface area contributed by atoms with E-state index in [2.05, 4.69) is 45.6 Å². The van der Waals surface area contributed by atoms with Crippen molar-refractivity contribution < 1.29 is 14.3 Å². The molecule has 0 saturated carbocycles. The average Bonchev–Trinajstić information content (AvgIpc) is 3.58. The highest BCUT2D eigenvalue weighted by molar-refractivity contribution is 7.18. The van der Waals surface area contributed by atoms with E-state index in [-0.39, 0.29) is 6.04 Å². The topological polar surface area (TPSA) is 139 Å². The fraction of sp³-hybridized carbons (Fsp3) is 0.423. The number of hydrogen-bond acceptors (Lipinski definition) is 8. The molecule has 192 valence electrons. The summed E-state index contributed by atoms with van der Waals surface area (Å²) in [5.74, 6) is -0.236. The van der Waals surface area contributed by atoms with Gasteiger partial charge in [0, 0.05) is 25.7 Å². The van der Waals surface area contributed by atoms with Gasteiger partial charge in [0.05, 0.1) is 50.3 Å². The number of ether oxygens (including phenoxy) is 1. The summed E-state index contributed by atoms with van der Waals surface area (Å²) < 4.78 is 6.65. The maximum absolute atomic E-state index is 13.5. The van der Waals surface area contributed by atoms with Crippen molar-refractivity contribution in [2.75, 3.05) is 30.8 Å². The highest BCUT2D eigenvalue weighted by Crippen LogP contribution is 2.38. The molecule has 11 heteroatoms. The lowest BCUT2D eigenvalue weighted by Crippen LogP contribution is -2.46. The van der Waals surface area contributed by atoms with Gasteiger partial charge in [0.1, 0.15) is 5.82 Å². The molecule has 2 aliphatic heterocycles. The predicted molar refractivity (Wildman–Crippen MR) is 142 cm³/mol. The first-order chi connectivity index (χ1) is 18.0. The first-order valence-corrected chi connectivity index (χ1v) is 13.5. The van der Waals surface area contributed by atoms with Crippen LogP contribution in [0.1, 0.15) is 55.1 Å². The lowest BCUT2D eigenvalue weighted by Gasteiger charge is -2.38. The predicted octanol–water partition coefficient (Wildman–Crippen LogP) is 3.98. The van der Waals surface area contributed by atoms with Crippen molar-refractivity contribution in [3.05, 3.63) is 41.2 Å². The third kappa shape index (κ3) is 4.53. The Balaban J connectivity index is 1.25. The number of nitrogens with two attached hydrogens (primary N) is 1. The van der Waals surface area contributed by atoms with Gasteiger partial charge in [-0.15, -0.1) is 11.3 Å². The van der Waals surface area contributed by atoms with Gasteiger partial charge in [0.2, 0.25) is 0 Å². The van der Waals surface area contributed by atoms with E-state index < -0.39 is 11.8 Å². The minimum atomic E-state index is -0.710. The van der Waals surface area contributed by atoms with Gasteiger partial charge in [-0.25, -0.2) is 9.97 Å². The van der Waals surface area contributed by atoms with Crippen LogP contribution in [0.15, 0.2) is 30.6 Å². The molecule has 0 unspecified atom stereocenters. The third-order valence-corrected chi connectivity index (χ3v) is 8.62. The van der Waals surface area contributed by atoms with Crippen LogP contribution in [0.5, 0.6) is 0 Å². The smallest absolute Gasteiger partial charge is 0.314 e. The third-order valence-electron chi connectivity index (χ3n) is 7.42. The molecule has 1 aromatic carbocycles. The summed E-state index contributed by atoms with van der Waals surface area (Å²) in [5.41, 5.74) is 8.75. The summed E-state index contributed by atoms with van der Waals surface area (Å²) in [6, 6.07) is 6.07. The second-order valence-corrected chi connectivity index (χ2v) is 11.1. The van der Waals surface area contributed by atoms with Crippen LogP contribution in [0.4, 0.5) is 11.5 Å². The number of nitrogens with one attached hydrogen (secondary N) is 2. The number of carbonyl (C=O) groups is 2. The van der Waals surface area contributed by atoms with Crippen molar-refractivity contribution in [1.82, 2.24) is 25.1 Å². The fourth-order valence-corrected chi connectivity index (χ4v) is 6.48. The van der Waals surface area contributed by atoms with E-state index in [1.807, 2.05) is 0 Å². The number of nitrogens with zero attached hydrogens (tertiary/aromatic N) is 4. The van der Waals surface area contributed by atoms with E-state index in [0.717, 1.165) is 59.7 Å². The molecule has 37 heavy (non-hydrogen) atoms. The number of aromatic amines is 1. The second kappa shape index (κ2) is 9.71. The van der Waals surface area contributed by atoms with Crippen LogP contribution in [-0.2, 0) is 14.3 Å². The highest BCUT2D eigenvalue weighted by atomic mass is 32.1. The van der Waals surface area contributed by atoms with E-state index in [4.69, 9.17) is 15.5 Å². The molecule has 2 amide bonds. The number of piperidine rings is 1. The van der Waals surface area contributed by atoms with Gasteiger partial charge in [0.25, 0.3) is 0 Å². The summed E-state index contributed by atoms with van der Waals surface area (Å²) in [5, 5.41) is 11.2. The standard InChI is InChI=1S/C26H29N7O3S/c1-14-2-4-20(16-3-5-21-18(10-16)31-25(37-21)15-6-8-36-9-7-15)33(13-14)26(35)24(34)30-19-12-28-23(27)17-11-29-32-22(17)19/h3,5,10-12,14-15,20H,2,4,6-9,13H2,1H3,(H2,27,28)(H,29,32)(H,30,34)/t14-,20+/m0/s1. The Kier molecular flexibility index (Phi) is 6.25. The Morgan fingerprint density at radius 1 is 1.19 bits per heavy atom. The lowest BCUT2D eigenvalue weighted by molar-refractivity contribution is -0.146. The largest absolute Gasteiger partial charge is 0.383 e. The van der Waals surface area contributed by atoms with Crippen molar-refractivity contribution in [1.29, 1.82) is 0 Å². The molecule has 0 radical (unpaired) electrons. The molecule has 0 bridgehead atoms. The van der Waals surface area contributed by atoms with Crippen LogP contribution < -0.4 is 11.1 Å². The van der Waals surface area contributed by atoms with Crippen LogP contribution >= 0.6 is 11.3 Å². The van der Waals surface area contributed by atoms with Gasteiger partial charge in [-0.2, -0.15) is 5.10 Å². The number of fused-ring (bicyclic) bond motifs is 2. The first kappa shape index (κ1) is 23.8. The first-order valence-electron chi connectivity index (χ1n) is 12.7. The van der Waals surface area contributed by atoms with Crippen LogP contribution in [0.3, 0.4) is 0 Å². The average molecular weight is 520 g/mol. The summed E-state index contributed by atoms with van der Waals surface area (Å²) in [7, 11) is 0. The summed E-state index contributed by atoms with van der Waals surface area (Å²) in [6.07, 6.45) is 6.74. The molecule has 6 rings (SSSR count). The van der Waals surface area contributed by atoms with Crippen LogP contribution in [0.25, 0.3) is 21.1 Å². The molecular weight excluding hydrogens is 490 g/mol. The normalized spacial score (nSPS) is 20.9. The molecule has 2 fully saturated rings. The Labute approximate surface area is 217 Å².